The Morgan fingerprint density at radius 3 is 2.30 bits per heavy atom. The van der Waals surface area contributed by atoms with Crippen LogP contribution in [0.15, 0.2) is 53.0 Å². The number of halogens is 1. The van der Waals surface area contributed by atoms with Gasteiger partial charge in [-0.05, 0) is 68.3 Å². The van der Waals surface area contributed by atoms with Gasteiger partial charge in [-0.3, -0.25) is 4.79 Å². The van der Waals surface area contributed by atoms with Crippen molar-refractivity contribution in [2.24, 2.45) is 0 Å². The van der Waals surface area contributed by atoms with Gasteiger partial charge in [0.25, 0.3) is 5.91 Å². The first kappa shape index (κ1) is 20.1. The van der Waals surface area contributed by atoms with Crippen LogP contribution in [-0.2, 0) is 0 Å². The van der Waals surface area contributed by atoms with Crippen LogP contribution in [0, 0.1) is 20.8 Å². The SMILES string of the molecule is COc1c(C)cc(Br)cc1C(=O)Nc1cc2nn(-c3ccc(C)cc3)nc2cc1C. The molecule has 0 bridgehead atoms. The van der Waals surface area contributed by atoms with E-state index in [0.717, 1.165) is 26.8 Å². The lowest BCUT2D eigenvalue weighted by molar-refractivity contribution is 0.102. The second-order valence-electron chi connectivity index (χ2n) is 7.24. The number of nitrogens with zero attached hydrogens (tertiary/aromatic N) is 3. The zero-order valence-corrected chi connectivity index (χ0v) is 18.7. The lowest BCUT2D eigenvalue weighted by atomic mass is 10.1. The van der Waals surface area contributed by atoms with E-state index in [1.165, 1.54) is 5.56 Å². The van der Waals surface area contributed by atoms with Crippen LogP contribution in [0.1, 0.15) is 27.0 Å². The monoisotopic (exact) mass is 464 g/mol. The number of methoxy groups -OCH3 is 1. The minimum Gasteiger partial charge on any atom is -0.496 e. The lowest BCUT2D eigenvalue weighted by Crippen LogP contribution is -2.14. The van der Waals surface area contributed by atoms with Crippen molar-refractivity contribution in [3.05, 3.63) is 75.3 Å². The molecule has 0 unspecified atom stereocenters. The van der Waals surface area contributed by atoms with Crippen molar-refractivity contribution in [2.75, 3.05) is 12.4 Å². The molecule has 0 aliphatic heterocycles. The number of hydrogen-bond acceptors (Lipinski definition) is 4. The van der Waals surface area contributed by atoms with Gasteiger partial charge in [-0.1, -0.05) is 33.6 Å². The van der Waals surface area contributed by atoms with Gasteiger partial charge in [0.2, 0.25) is 0 Å². The van der Waals surface area contributed by atoms with E-state index in [2.05, 4.69) is 31.4 Å². The third-order valence-electron chi connectivity index (χ3n) is 4.93. The maximum Gasteiger partial charge on any atom is 0.259 e. The summed E-state index contributed by atoms with van der Waals surface area (Å²) in [6.07, 6.45) is 0. The molecular weight excluding hydrogens is 444 g/mol. The average Bonchev–Trinajstić information content (AvgIpc) is 3.10. The zero-order valence-electron chi connectivity index (χ0n) is 17.2. The van der Waals surface area contributed by atoms with Crippen molar-refractivity contribution < 1.29 is 9.53 Å². The highest BCUT2D eigenvalue weighted by molar-refractivity contribution is 9.10. The van der Waals surface area contributed by atoms with Gasteiger partial charge in [0.15, 0.2) is 0 Å². The fourth-order valence-electron chi connectivity index (χ4n) is 3.36. The van der Waals surface area contributed by atoms with Crippen LogP contribution in [0.5, 0.6) is 5.75 Å². The highest BCUT2D eigenvalue weighted by Gasteiger charge is 2.17. The number of amides is 1. The molecule has 0 fully saturated rings. The number of carbonyl (C=O) groups excluding carboxylic acids is 1. The Kier molecular flexibility index (Phi) is 5.30. The molecular formula is C23H21BrN4O2. The first-order valence-corrected chi connectivity index (χ1v) is 10.3. The molecule has 1 N–H and O–H groups in total. The highest BCUT2D eigenvalue weighted by Crippen LogP contribution is 2.29. The molecule has 4 rings (SSSR count). The number of hydrogen-bond donors (Lipinski definition) is 1. The number of aryl methyl sites for hydroxylation is 3. The fourth-order valence-corrected chi connectivity index (χ4v) is 3.93. The van der Waals surface area contributed by atoms with E-state index in [9.17, 15) is 4.79 Å². The fraction of sp³-hybridized carbons (Fsp3) is 0.174. The van der Waals surface area contributed by atoms with Crippen LogP contribution in [-0.4, -0.2) is 28.0 Å². The van der Waals surface area contributed by atoms with Gasteiger partial charge in [-0.15, -0.1) is 10.2 Å². The number of benzene rings is 3. The quantitative estimate of drug-likeness (QED) is 0.440. The molecule has 0 radical (unpaired) electrons. The Hall–Kier alpha value is -3.19. The average molecular weight is 465 g/mol. The van der Waals surface area contributed by atoms with Crippen LogP contribution in [0.25, 0.3) is 16.7 Å². The summed E-state index contributed by atoms with van der Waals surface area (Å²) >= 11 is 3.45. The van der Waals surface area contributed by atoms with Gasteiger partial charge in [0.1, 0.15) is 16.8 Å². The van der Waals surface area contributed by atoms with E-state index >= 15 is 0 Å². The van der Waals surface area contributed by atoms with E-state index in [-0.39, 0.29) is 5.91 Å². The third-order valence-corrected chi connectivity index (χ3v) is 5.39. The number of fused-ring (bicyclic) bond motifs is 1. The molecule has 0 spiro atoms. The molecule has 152 valence electrons. The Balaban J connectivity index is 1.69. The Labute approximate surface area is 183 Å². The lowest BCUT2D eigenvalue weighted by Gasteiger charge is -2.13. The van der Waals surface area contributed by atoms with Gasteiger partial charge < -0.3 is 10.1 Å². The standard InChI is InChI=1S/C23H21BrN4O2/c1-13-5-7-17(8-6-13)28-26-20-10-14(2)19(12-21(20)27-28)25-23(29)18-11-16(24)9-15(3)22(18)30-4/h5-12H,1-4H3,(H,25,29). The molecule has 7 heteroatoms. The van der Waals surface area contributed by atoms with Crippen molar-refractivity contribution in [3.8, 4) is 11.4 Å². The van der Waals surface area contributed by atoms with Gasteiger partial charge in [0.05, 0.1) is 18.4 Å². The molecule has 1 heterocycles. The number of rotatable bonds is 4. The molecule has 30 heavy (non-hydrogen) atoms. The van der Waals surface area contributed by atoms with Crippen molar-refractivity contribution in [2.45, 2.75) is 20.8 Å². The predicted octanol–water partition coefficient (Wildman–Crippen LogP) is 5.37. The van der Waals surface area contributed by atoms with E-state index in [1.807, 2.05) is 63.2 Å². The highest BCUT2D eigenvalue weighted by atomic mass is 79.9. The summed E-state index contributed by atoms with van der Waals surface area (Å²) in [6, 6.07) is 15.4. The Bertz CT molecular complexity index is 1260. The normalized spacial score (nSPS) is 11.0. The van der Waals surface area contributed by atoms with Crippen molar-refractivity contribution in [1.29, 1.82) is 0 Å². The molecule has 6 nitrogen and oxygen atoms in total. The summed E-state index contributed by atoms with van der Waals surface area (Å²) in [6.45, 7) is 5.88. The predicted molar refractivity (Wildman–Crippen MR) is 122 cm³/mol. The van der Waals surface area contributed by atoms with Crippen LogP contribution in [0.3, 0.4) is 0 Å². The Morgan fingerprint density at radius 1 is 0.967 bits per heavy atom. The maximum absolute atomic E-state index is 13.0. The molecule has 4 aromatic rings. The van der Waals surface area contributed by atoms with Gasteiger partial charge in [-0.2, -0.15) is 4.80 Å². The molecule has 0 saturated carbocycles. The van der Waals surface area contributed by atoms with Crippen LogP contribution in [0.4, 0.5) is 5.69 Å². The second kappa shape index (κ2) is 7.91. The van der Waals surface area contributed by atoms with Crippen LogP contribution >= 0.6 is 15.9 Å². The summed E-state index contributed by atoms with van der Waals surface area (Å²) in [5, 5.41) is 12.1. The molecule has 1 aromatic heterocycles. The number of ether oxygens (including phenoxy) is 1. The van der Waals surface area contributed by atoms with E-state index in [0.29, 0.717) is 22.5 Å². The van der Waals surface area contributed by atoms with Crippen LogP contribution < -0.4 is 10.1 Å². The smallest absolute Gasteiger partial charge is 0.259 e. The van der Waals surface area contributed by atoms with E-state index < -0.39 is 0 Å². The van der Waals surface area contributed by atoms with Gasteiger partial charge >= 0.3 is 0 Å². The van der Waals surface area contributed by atoms with E-state index in [4.69, 9.17) is 4.74 Å². The summed E-state index contributed by atoms with van der Waals surface area (Å²) in [5.74, 6) is 0.310. The molecule has 1 amide bonds. The topological polar surface area (TPSA) is 69.0 Å². The van der Waals surface area contributed by atoms with E-state index in [1.54, 1.807) is 18.0 Å². The third kappa shape index (κ3) is 3.80. The largest absolute Gasteiger partial charge is 0.496 e. The summed E-state index contributed by atoms with van der Waals surface area (Å²) in [4.78, 5) is 14.6. The maximum atomic E-state index is 13.0. The van der Waals surface area contributed by atoms with Crippen molar-refractivity contribution in [1.82, 2.24) is 15.0 Å². The van der Waals surface area contributed by atoms with Crippen molar-refractivity contribution >= 4 is 38.6 Å². The Morgan fingerprint density at radius 2 is 1.63 bits per heavy atom. The van der Waals surface area contributed by atoms with Gasteiger partial charge in [-0.25, -0.2) is 0 Å². The summed E-state index contributed by atoms with van der Waals surface area (Å²) in [5.41, 5.74) is 6.46. The number of carbonyl (C=O) groups is 1. The first-order valence-electron chi connectivity index (χ1n) is 9.46. The number of aromatic nitrogens is 3. The summed E-state index contributed by atoms with van der Waals surface area (Å²) in [7, 11) is 1.56. The second-order valence-corrected chi connectivity index (χ2v) is 8.15. The minimum absolute atomic E-state index is 0.246. The molecule has 0 aliphatic rings. The zero-order chi connectivity index (χ0) is 21.4. The minimum atomic E-state index is -0.246. The first-order chi connectivity index (χ1) is 14.4. The summed E-state index contributed by atoms with van der Waals surface area (Å²) < 4.78 is 6.26. The van der Waals surface area contributed by atoms with Crippen LogP contribution in [0.2, 0.25) is 0 Å². The molecule has 3 aromatic carbocycles. The molecule has 0 atom stereocenters. The number of anilines is 1. The molecule has 0 aliphatic carbocycles. The van der Waals surface area contributed by atoms with Crippen molar-refractivity contribution in [3.63, 3.8) is 0 Å². The number of nitrogens with one attached hydrogen (secondary N) is 1. The molecule has 0 saturated heterocycles. The van der Waals surface area contributed by atoms with Gasteiger partial charge in [0, 0.05) is 10.2 Å².